The molecule has 0 aliphatic heterocycles. The van der Waals surface area contributed by atoms with Crippen LogP contribution in [0.25, 0.3) is 0 Å². The van der Waals surface area contributed by atoms with Gasteiger partial charge < -0.3 is 5.73 Å². The number of hydrogen-bond donors (Lipinski definition) is 1. The smallest absolute Gasteiger partial charge is 0.175 e. The fourth-order valence-corrected chi connectivity index (χ4v) is 2.65. The predicted molar refractivity (Wildman–Crippen MR) is 76.5 cm³/mol. The van der Waals surface area contributed by atoms with E-state index in [9.17, 15) is 17.2 Å². The molecule has 0 spiro atoms. The van der Waals surface area contributed by atoms with Gasteiger partial charge >= 0.3 is 0 Å². The van der Waals surface area contributed by atoms with Crippen LogP contribution in [0.2, 0.25) is 0 Å². The van der Waals surface area contributed by atoms with E-state index in [0.29, 0.717) is 5.56 Å². The van der Waals surface area contributed by atoms with Crippen LogP contribution in [0.3, 0.4) is 0 Å². The lowest BCUT2D eigenvalue weighted by atomic mass is 9.99. The van der Waals surface area contributed by atoms with Gasteiger partial charge in [-0.25, -0.2) is 17.2 Å². The first kappa shape index (κ1) is 15.6. The van der Waals surface area contributed by atoms with E-state index >= 15 is 0 Å². The Balaban J connectivity index is 2.20. The summed E-state index contributed by atoms with van der Waals surface area (Å²) in [6, 6.07) is 8.74. The molecule has 6 heteroatoms. The summed E-state index contributed by atoms with van der Waals surface area (Å²) >= 11 is 0. The minimum Gasteiger partial charge on any atom is -0.324 e. The number of hydrogen-bond acceptors (Lipinski definition) is 3. The second-order valence-corrected chi connectivity index (χ2v) is 6.90. The van der Waals surface area contributed by atoms with Gasteiger partial charge in [0.15, 0.2) is 9.84 Å². The minimum atomic E-state index is -3.27. The Labute approximate surface area is 122 Å². The van der Waals surface area contributed by atoms with Gasteiger partial charge in [0.1, 0.15) is 11.6 Å². The third-order valence-electron chi connectivity index (χ3n) is 3.18. The van der Waals surface area contributed by atoms with Crippen LogP contribution in [-0.2, 0) is 16.3 Å². The number of halogens is 2. The van der Waals surface area contributed by atoms with E-state index in [-0.39, 0.29) is 16.9 Å². The van der Waals surface area contributed by atoms with Gasteiger partial charge in [-0.3, -0.25) is 0 Å². The van der Waals surface area contributed by atoms with Crippen molar-refractivity contribution in [3.05, 3.63) is 65.2 Å². The molecular weight excluding hydrogens is 296 g/mol. The molecule has 2 N–H and O–H groups in total. The lowest BCUT2D eigenvalue weighted by Crippen LogP contribution is -2.14. The maximum atomic E-state index is 13.6. The first-order valence-corrected chi connectivity index (χ1v) is 8.16. The molecule has 0 fully saturated rings. The average Bonchev–Trinajstić information content (AvgIpc) is 2.42. The molecule has 0 amide bonds. The molecule has 2 rings (SSSR count). The summed E-state index contributed by atoms with van der Waals surface area (Å²) in [7, 11) is -3.27. The Kier molecular flexibility index (Phi) is 4.39. The molecular formula is C15H15F2NO2S. The summed E-state index contributed by atoms with van der Waals surface area (Å²) in [4.78, 5) is 0.190. The number of rotatable bonds is 4. The highest BCUT2D eigenvalue weighted by Crippen LogP contribution is 2.20. The Bertz CT molecular complexity index is 743. The van der Waals surface area contributed by atoms with E-state index < -0.39 is 27.5 Å². The van der Waals surface area contributed by atoms with Crippen molar-refractivity contribution in [1.82, 2.24) is 0 Å². The Morgan fingerprint density at radius 1 is 1.10 bits per heavy atom. The van der Waals surface area contributed by atoms with Gasteiger partial charge in [0.25, 0.3) is 0 Å². The average molecular weight is 311 g/mol. The van der Waals surface area contributed by atoms with Gasteiger partial charge in [0.05, 0.1) is 4.90 Å². The molecule has 2 aromatic rings. The van der Waals surface area contributed by atoms with E-state index in [1.54, 1.807) is 12.1 Å². The largest absolute Gasteiger partial charge is 0.324 e. The van der Waals surface area contributed by atoms with Crippen molar-refractivity contribution in [1.29, 1.82) is 0 Å². The highest BCUT2D eigenvalue weighted by atomic mass is 32.2. The normalized spacial score (nSPS) is 13.1. The van der Waals surface area contributed by atoms with Crippen LogP contribution in [0.1, 0.15) is 17.2 Å². The van der Waals surface area contributed by atoms with Crippen LogP contribution in [0.5, 0.6) is 0 Å². The lowest BCUT2D eigenvalue weighted by molar-refractivity contribution is 0.572. The molecule has 0 saturated carbocycles. The third-order valence-corrected chi connectivity index (χ3v) is 4.31. The molecule has 1 atom stereocenters. The molecule has 112 valence electrons. The molecule has 0 aliphatic rings. The van der Waals surface area contributed by atoms with Gasteiger partial charge in [0, 0.05) is 12.3 Å². The summed E-state index contributed by atoms with van der Waals surface area (Å²) in [5.74, 6) is -1.04. The number of sulfone groups is 1. The van der Waals surface area contributed by atoms with Crippen molar-refractivity contribution in [3.8, 4) is 0 Å². The highest BCUT2D eigenvalue weighted by molar-refractivity contribution is 7.90. The van der Waals surface area contributed by atoms with E-state index in [1.165, 1.54) is 12.1 Å². The van der Waals surface area contributed by atoms with Crippen LogP contribution >= 0.6 is 0 Å². The van der Waals surface area contributed by atoms with Crippen molar-refractivity contribution in [2.75, 3.05) is 6.26 Å². The SMILES string of the molecule is CS(=O)(=O)c1ccc(C(N)Cc2cc(F)ccc2F)cc1. The Morgan fingerprint density at radius 2 is 1.71 bits per heavy atom. The van der Waals surface area contributed by atoms with Crippen LogP contribution < -0.4 is 5.73 Å². The van der Waals surface area contributed by atoms with Gasteiger partial charge in [-0.2, -0.15) is 0 Å². The molecule has 0 bridgehead atoms. The van der Waals surface area contributed by atoms with Gasteiger partial charge in [0.2, 0.25) is 0 Å². The summed E-state index contributed by atoms with van der Waals surface area (Å²) in [5, 5.41) is 0. The number of benzene rings is 2. The van der Waals surface area contributed by atoms with Crippen molar-refractivity contribution in [3.63, 3.8) is 0 Å². The molecule has 0 aromatic heterocycles. The summed E-state index contributed by atoms with van der Waals surface area (Å²) < 4.78 is 49.4. The summed E-state index contributed by atoms with van der Waals surface area (Å²) in [6.45, 7) is 0. The molecule has 0 radical (unpaired) electrons. The van der Waals surface area contributed by atoms with Gasteiger partial charge in [-0.05, 0) is 47.9 Å². The Hall–Kier alpha value is -1.79. The quantitative estimate of drug-likeness (QED) is 0.944. The molecule has 0 aliphatic carbocycles. The second-order valence-electron chi connectivity index (χ2n) is 4.89. The van der Waals surface area contributed by atoms with Crippen molar-refractivity contribution in [2.24, 2.45) is 5.73 Å². The second kappa shape index (κ2) is 5.91. The van der Waals surface area contributed by atoms with Crippen molar-refractivity contribution >= 4 is 9.84 Å². The van der Waals surface area contributed by atoms with Crippen LogP contribution in [0.15, 0.2) is 47.4 Å². The van der Waals surface area contributed by atoms with Gasteiger partial charge in [-0.15, -0.1) is 0 Å². The zero-order valence-electron chi connectivity index (χ0n) is 11.4. The molecule has 3 nitrogen and oxygen atoms in total. The fourth-order valence-electron chi connectivity index (χ4n) is 2.02. The van der Waals surface area contributed by atoms with E-state index in [4.69, 9.17) is 5.73 Å². The molecule has 21 heavy (non-hydrogen) atoms. The van der Waals surface area contributed by atoms with Crippen LogP contribution in [0.4, 0.5) is 8.78 Å². The van der Waals surface area contributed by atoms with Crippen molar-refractivity contribution < 1.29 is 17.2 Å². The molecule has 1 unspecified atom stereocenters. The Morgan fingerprint density at radius 3 is 2.29 bits per heavy atom. The fraction of sp³-hybridized carbons (Fsp3) is 0.200. The standard InChI is InChI=1S/C15H15F2NO2S/c1-21(19,20)13-5-2-10(3-6-13)15(18)9-11-8-12(16)4-7-14(11)17/h2-8,15H,9,18H2,1H3. The topological polar surface area (TPSA) is 60.2 Å². The first-order valence-electron chi connectivity index (χ1n) is 6.27. The lowest BCUT2D eigenvalue weighted by Gasteiger charge is -2.13. The van der Waals surface area contributed by atoms with Crippen LogP contribution in [-0.4, -0.2) is 14.7 Å². The first-order chi connectivity index (χ1) is 9.77. The van der Waals surface area contributed by atoms with E-state index in [1.807, 2.05) is 0 Å². The zero-order valence-corrected chi connectivity index (χ0v) is 12.2. The summed E-state index contributed by atoms with van der Waals surface area (Å²) in [5.41, 5.74) is 6.81. The zero-order chi connectivity index (χ0) is 15.6. The van der Waals surface area contributed by atoms with E-state index in [2.05, 4.69) is 0 Å². The summed E-state index contributed by atoms with van der Waals surface area (Å²) in [6.07, 6.45) is 1.24. The third kappa shape index (κ3) is 3.86. The van der Waals surface area contributed by atoms with Crippen LogP contribution in [0, 0.1) is 11.6 Å². The van der Waals surface area contributed by atoms with Gasteiger partial charge in [-0.1, -0.05) is 12.1 Å². The number of nitrogens with two attached hydrogens (primary N) is 1. The highest BCUT2D eigenvalue weighted by Gasteiger charge is 2.13. The van der Waals surface area contributed by atoms with E-state index in [0.717, 1.165) is 24.5 Å². The minimum absolute atomic E-state index is 0.127. The molecule has 2 aromatic carbocycles. The molecule has 0 saturated heterocycles. The maximum absolute atomic E-state index is 13.6. The monoisotopic (exact) mass is 311 g/mol. The van der Waals surface area contributed by atoms with Crippen molar-refractivity contribution in [2.45, 2.75) is 17.4 Å². The molecule has 0 heterocycles. The maximum Gasteiger partial charge on any atom is 0.175 e. The predicted octanol–water partition coefficient (Wildman–Crippen LogP) is 2.61.